The van der Waals surface area contributed by atoms with E-state index in [4.69, 9.17) is 14.2 Å². The molecule has 0 aromatic heterocycles. The SMILES string of the molecule is COc1ccc(CCNC(=O)c2ccccc2NC(=O)C(C)Oc2cc(C)ccc2C(C)C)cc1OC. The highest BCUT2D eigenvalue weighted by atomic mass is 16.5. The Hall–Kier alpha value is -4.00. The second-order valence-corrected chi connectivity index (χ2v) is 9.19. The minimum Gasteiger partial charge on any atom is -0.493 e. The van der Waals surface area contributed by atoms with Crippen molar-refractivity contribution in [2.24, 2.45) is 0 Å². The summed E-state index contributed by atoms with van der Waals surface area (Å²) in [6.45, 7) is 8.28. The summed E-state index contributed by atoms with van der Waals surface area (Å²) in [6.07, 6.45) is -0.138. The Morgan fingerprint density at radius 3 is 2.30 bits per heavy atom. The van der Waals surface area contributed by atoms with Gasteiger partial charge >= 0.3 is 0 Å². The highest BCUT2D eigenvalue weighted by molar-refractivity contribution is 6.04. The monoisotopic (exact) mass is 504 g/mol. The first-order valence-electron chi connectivity index (χ1n) is 12.4. The van der Waals surface area contributed by atoms with Crippen molar-refractivity contribution in [3.8, 4) is 17.2 Å². The first-order valence-corrected chi connectivity index (χ1v) is 12.4. The van der Waals surface area contributed by atoms with Crippen molar-refractivity contribution in [1.29, 1.82) is 0 Å². The van der Waals surface area contributed by atoms with Crippen LogP contribution in [-0.4, -0.2) is 38.7 Å². The molecule has 0 aliphatic rings. The molecule has 0 radical (unpaired) electrons. The zero-order valence-corrected chi connectivity index (χ0v) is 22.4. The van der Waals surface area contributed by atoms with Crippen LogP contribution in [0.2, 0.25) is 0 Å². The van der Waals surface area contributed by atoms with E-state index < -0.39 is 6.10 Å². The van der Waals surface area contributed by atoms with Gasteiger partial charge in [-0.3, -0.25) is 9.59 Å². The van der Waals surface area contributed by atoms with E-state index in [1.54, 1.807) is 45.4 Å². The van der Waals surface area contributed by atoms with E-state index in [0.29, 0.717) is 41.5 Å². The fourth-order valence-electron chi connectivity index (χ4n) is 3.94. The number of hydrogen-bond donors (Lipinski definition) is 2. The van der Waals surface area contributed by atoms with Gasteiger partial charge in [-0.15, -0.1) is 0 Å². The van der Waals surface area contributed by atoms with E-state index in [-0.39, 0.29) is 17.7 Å². The number of nitrogens with one attached hydrogen (secondary N) is 2. The molecule has 3 rings (SSSR count). The fraction of sp³-hybridized carbons (Fsp3) is 0.333. The lowest BCUT2D eigenvalue weighted by molar-refractivity contribution is -0.122. The molecule has 1 unspecified atom stereocenters. The number of carbonyl (C=O) groups is 2. The zero-order valence-electron chi connectivity index (χ0n) is 22.4. The summed E-state index contributed by atoms with van der Waals surface area (Å²) in [4.78, 5) is 25.9. The number of carbonyl (C=O) groups excluding carboxylic acids is 2. The highest BCUT2D eigenvalue weighted by Gasteiger charge is 2.20. The lowest BCUT2D eigenvalue weighted by Gasteiger charge is -2.20. The molecule has 3 aromatic carbocycles. The molecule has 7 nitrogen and oxygen atoms in total. The number of anilines is 1. The van der Waals surface area contributed by atoms with Crippen LogP contribution in [-0.2, 0) is 11.2 Å². The Kier molecular flexibility index (Phi) is 9.55. The van der Waals surface area contributed by atoms with Crippen molar-refractivity contribution in [3.63, 3.8) is 0 Å². The molecule has 2 N–H and O–H groups in total. The van der Waals surface area contributed by atoms with Crippen LogP contribution in [0.5, 0.6) is 17.2 Å². The summed E-state index contributed by atoms with van der Waals surface area (Å²) >= 11 is 0. The van der Waals surface area contributed by atoms with Crippen molar-refractivity contribution in [1.82, 2.24) is 5.32 Å². The lowest BCUT2D eigenvalue weighted by atomic mass is 10.0. The van der Waals surface area contributed by atoms with Gasteiger partial charge in [0, 0.05) is 6.54 Å². The molecule has 0 aliphatic carbocycles. The molecule has 37 heavy (non-hydrogen) atoms. The summed E-state index contributed by atoms with van der Waals surface area (Å²) in [6, 6.07) is 18.6. The number of hydrogen-bond acceptors (Lipinski definition) is 5. The normalized spacial score (nSPS) is 11.5. The number of benzene rings is 3. The van der Waals surface area contributed by atoms with Gasteiger partial charge in [-0.05, 0) is 73.2 Å². The van der Waals surface area contributed by atoms with E-state index >= 15 is 0 Å². The van der Waals surface area contributed by atoms with E-state index in [9.17, 15) is 9.59 Å². The average Bonchev–Trinajstić information content (AvgIpc) is 2.88. The summed E-state index contributed by atoms with van der Waals surface area (Å²) in [5, 5.41) is 5.78. The van der Waals surface area contributed by atoms with Crippen molar-refractivity contribution in [2.75, 3.05) is 26.1 Å². The van der Waals surface area contributed by atoms with Gasteiger partial charge in [0.05, 0.1) is 25.5 Å². The summed E-state index contributed by atoms with van der Waals surface area (Å²) in [7, 11) is 3.18. The molecule has 0 saturated heterocycles. The predicted octanol–water partition coefficient (Wildman–Crippen LogP) is 5.51. The van der Waals surface area contributed by atoms with Crippen LogP contribution in [0.25, 0.3) is 0 Å². The summed E-state index contributed by atoms with van der Waals surface area (Å²) in [5.41, 5.74) is 3.91. The number of amides is 2. The van der Waals surface area contributed by atoms with Crippen LogP contribution < -0.4 is 24.8 Å². The number of methoxy groups -OCH3 is 2. The third kappa shape index (κ3) is 7.26. The van der Waals surface area contributed by atoms with Crippen LogP contribution >= 0.6 is 0 Å². The first kappa shape index (κ1) is 27.6. The summed E-state index contributed by atoms with van der Waals surface area (Å²) in [5.74, 6) is 1.64. The molecular weight excluding hydrogens is 468 g/mol. The lowest BCUT2D eigenvalue weighted by Crippen LogP contribution is -2.32. The second-order valence-electron chi connectivity index (χ2n) is 9.19. The molecular formula is C30H36N2O5. The van der Waals surface area contributed by atoms with Gasteiger partial charge in [-0.1, -0.05) is 44.2 Å². The Bertz CT molecular complexity index is 1240. The van der Waals surface area contributed by atoms with Crippen molar-refractivity contribution in [3.05, 3.63) is 82.9 Å². The van der Waals surface area contributed by atoms with Crippen LogP contribution in [0.1, 0.15) is 53.7 Å². The molecule has 0 fully saturated rings. The van der Waals surface area contributed by atoms with Gasteiger partial charge < -0.3 is 24.8 Å². The molecule has 1 atom stereocenters. The second kappa shape index (κ2) is 12.8. The minimum atomic E-state index is -0.750. The average molecular weight is 505 g/mol. The largest absolute Gasteiger partial charge is 0.493 e. The molecule has 7 heteroatoms. The molecule has 0 heterocycles. The topological polar surface area (TPSA) is 85.9 Å². The third-order valence-corrected chi connectivity index (χ3v) is 6.04. The summed E-state index contributed by atoms with van der Waals surface area (Å²) < 4.78 is 16.7. The van der Waals surface area contributed by atoms with Crippen LogP contribution in [0, 0.1) is 6.92 Å². The van der Waals surface area contributed by atoms with E-state index in [2.05, 4.69) is 24.5 Å². The molecule has 0 spiro atoms. The van der Waals surface area contributed by atoms with E-state index in [1.807, 2.05) is 43.3 Å². The Morgan fingerprint density at radius 1 is 0.865 bits per heavy atom. The number of para-hydroxylation sites is 1. The minimum absolute atomic E-state index is 0.259. The van der Waals surface area contributed by atoms with Crippen molar-refractivity contribution < 1.29 is 23.8 Å². The van der Waals surface area contributed by atoms with Gasteiger partial charge in [-0.2, -0.15) is 0 Å². The third-order valence-electron chi connectivity index (χ3n) is 6.04. The van der Waals surface area contributed by atoms with Gasteiger partial charge in [0.15, 0.2) is 17.6 Å². The molecule has 3 aromatic rings. The molecule has 2 amide bonds. The molecule has 196 valence electrons. The van der Waals surface area contributed by atoms with Gasteiger partial charge in [0.25, 0.3) is 11.8 Å². The molecule has 0 aliphatic heterocycles. The molecule has 0 saturated carbocycles. The number of rotatable bonds is 11. The van der Waals surface area contributed by atoms with Crippen LogP contribution in [0.4, 0.5) is 5.69 Å². The maximum atomic E-state index is 13.0. The Morgan fingerprint density at radius 2 is 1.59 bits per heavy atom. The van der Waals surface area contributed by atoms with Crippen LogP contribution in [0.15, 0.2) is 60.7 Å². The molecule has 0 bridgehead atoms. The van der Waals surface area contributed by atoms with Crippen LogP contribution in [0.3, 0.4) is 0 Å². The Labute approximate surface area is 219 Å². The van der Waals surface area contributed by atoms with Gasteiger partial charge in [0.2, 0.25) is 0 Å². The maximum Gasteiger partial charge on any atom is 0.265 e. The van der Waals surface area contributed by atoms with Gasteiger partial charge in [-0.25, -0.2) is 0 Å². The van der Waals surface area contributed by atoms with Crippen molar-refractivity contribution >= 4 is 17.5 Å². The van der Waals surface area contributed by atoms with Gasteiger partial charge in [0.1, 0.15) is 5.75 Å². The standard InChI is InChI=1S/C30H36N2O5/c1-19(2)23-13-11-20(3)17-27(23)37-21(4)29(33)32-25-10-8-7-9-24(25)30(34)31-16-15-22-12-14-26(35-5)28(18-22)36-6/h7-14,17-19,21H,15-16H2,1-6H3,(H,31,34)(H,32,33). The maximum absolute atomic E-state index is 13.0. The van der Waals surface area contributed by atoms with E-state index in [1.165, 1.54) is 0 Å². The first-order chi connectivity index (χ1) is 17.7. The van der Waals surface area contributed by atoms with E-state index in [0.717, 1.165) is 16.7 Å². The highest BCUT2D eigenvalue weighted by Crippen LogP contribution is 2.29. The number of ether oxygens (including phenoxy) is 3. The quantitative estimate of drug-likeness (QED) is 0.359. The smallest absolute Gasteiger partial charge is 0.265 e. The zero-order chi connectivity index (χ0) is 26.9. The Balaban J connectivity index is 1.63. The van der Waals surface area contributed by atoms with Crippen molar-refractivity contribution in [2.45, 2.75) is 46.1 Å². The predicted molar refractivity (Wildman–Crippen MR) is 146 cm³/mol. The fourth-order valence-corrected chi connectivity index (χ4v) is 3.94. The number of aryl methyl sites for hydroxylation is 1.